The molecule has 1 aliphatic rings. The highest BCUT2D eigenvalue weighted by Gasteiger charge is 2.29. The maximum Gasteiger partial charge on any atom is 0.231 e. The Labute approximate surface area is 155 Å². The topological polar surface area (TPSA) is 67.8 Å². The van der Waals surface area contributed by atoms with Crippen LogP contribution in [-0.2, 0) is 0 Å². The summed E-state index contributed by atoms with van der Waals surface area (Å²) < 4.78 is 0. The summed E-state index contributed by atoms with van der Waals surface area (Å²) in [7, 11) is 3.74. The second-order valence-electron chi connectivity index (χ2n) is 5.54. The van der Waals surface area contributed by atoms with Gasteiger partial charge in [0.25, 0.3) is 0 Å². The summed E-state index contributed by atoms with van der Waals surface area (Å²) in [6.07, 6.45) is 0. The van der Waals surface area contributed by atoms with E-state index in [0.29, 0.717) is 0 Å². The summed E-state index contributed by atoms with van der Waals surface area (Å²) in [5, 5.41) is 16.5. The number of hydrazine groups is 2. The minimum atomic E-state index is 0.765. The molecule has 132 valence electrons. The maximum atomic E-state index is 4.77. The first kappa shape index (κ1) is 16.2. The SMILES string of the molecule is CNc1nc(N2NC(c3ccccc3)=NN2c2ccccc2)sc1NC. The third kappa shape index (κ3) is 2.91. The van der Waals surface area contributed by atoms with Crippen molar-refractivity contribution in [2.45, 2.75) is 0 Å². The fourth-order valence-electron chi connectivity index (χ4n) is 2.63. The number of hydrogen-bond donors (Lipinski definition) is 3. The van der Waals surface area contributed by atoms with E-state index >= 15 is 0 Å². The van der Waals surface area contributed by atoms with Gasteiger partial charge in [-0.05, 0) is 12.1 Å². The highest BCUT2D eigenvalue weighted by Crippen LogP contribution is 2.36. The standard InChI is InChI=1S/C18H19N7S/c1-19-16-17(20-2)26-18(21-16)25-23-15(13-9-5-3-6-10-13)22-24(25)14-11-7-4-8-12-14/h3-12,19-20H,1-2H3,(H,22,23). The zero-order chi connectivity index (χ0) is 17.9. The van der Waals surface area contributed by atoms with E-state index in [1.807, 2.05) is 85.0 Å². The van der Waals surface area contributed by atoms with Gasteiger partial charge in [0.15, 0.2) is 11.7 Å². The van der Waals surface area contributed by atoms with Crippen molar-refractivity contribution >= 4 is 38.8 Å². The fraction of sp³-hybridized carbons (Fsp3) is 0.111. The van der Waals surface area contributed by atoms with Gasteiger partial charge in [0, 0.05) is 19.7 Å². The van der Waals surface area contributed by atoms with Crippen molar-refractivity contribution < 1.29 is 0 Å². The second kappa shape index (κ2) is 6.93. The summed E-state index contributed by atoms with van der Waals surface area (Å²) in [6.45, 7) is 0. The van der Waals surface area contributed by atoms with E-state index in [2.05, 4.69) is 21.0 Å². The lowest BCUT2D eigenvalue weighted by molar-refractivity contribution is 0.767. The van der Waals surface area contributed by atoms with E-state index in [-0.39, 0.29) is 0 Å². The van der Waals surface area contributed by atoms with Crippen LogP contribution in [0.3, 0.4) is 0 Å². The Morgan fingerprint density at radius 3 is 2.23 bits per heavy atom. The van der Waals surface area contributed by atoms with Crippen molar-refractivity contribution in [1.29, 1.82) is 0 Å². The van der Waals surface area contributed by atoms with E-state index in [9.17, 15) is 0 Å². The number of benzene rings is 2. The molecule has 4 rings (SSSR count). The first-order valence-electron chi connectivity index (χ1n) is 8.22. The normalized spacial score (nSPS) is 13.4. The van der Waals surface area contributed by atoms with E-state index in [4.69, 9.17) is 5.10 Å². The van der Waals surface area contributed by atoms with Crippen LogP contribution in [0, 0.1) is 0 Å². The zero-order valence-corrected chi connectivity index (χ0v) is 15.3. The number of thiazole rings is 1. The van der Waals surface area contributed by atoms with Crippen molar-refractivity contribution in [1.82, 2.24) is 10.4 Å². The van der Waals surface area contributed by atoms with E-state index in [1.165, 1.54) is 0 Å². The first-order chi connectivity index (χ1) is 12.8. The van der Waals surface area contributed by atoms with Crippen LogP contribution in [0.25, 0.3) is 0 Å². The minimum absolute atomic E-state index is 0.765. The van der Waals surface area contributed by atoms with E-state index < -0.39 is 0 Å². The molecule has 0 unspecified atom stereocenters. The highest BCUT2D eigenvalue weighted by molar-refractivity contribution is 7.20. The van der Waals surface area contributed by atoms with Gasteiger partial charge in [-0.3, -0.25) is 5.43 Å². The van der Waals surface area contributed by atoms with E-state index in [0.717, 1.165) is 33.0 Å². The van der Waals surface area contributed by atoms with Crippen LogP contribution in [-0.4, -0.2) is 24.9 Å². The summed E-state index contributed by atoms with van der Waals surface area (Å²) >= 11 is 1.54. The number of anilines is 4. The van der Waals surface area contributed by atoms with Crippen molar-refractivity contribution in [3.8, 4) is 0 Å². The predicted octanol–water partition coefficient (Wildman–Crippen LogP) is 3.33. The summed E-state index contributed by atoms with van der Waals surface area (Å²) in [4.78, 5) is 4.68. The molecule has 26 heavy (non-hydrogen) atoms. The van der Waals surface area contributed by atoms with Gasteiger partial charge in [-0.2, -0.15) is 4.98 Å². The summed E-state index contributed by atoms with van der Waals surface area (Å²) in [5.74, 6) is 1.57. The largest absolute Gasteiger partial charge is 0.377 e. The average molecular weight is 365 g/mol. The number of nitrogens with zero attached hydrogens (tertiary/aromatic N) is 4. The molecule has 7 nitrogen and oxygen atoms in total. The number of rotatable bonds is 5. The van der Waals surface area contributed by atoms with Crippen LogP contribution in [0.2, 0.25) is 0 Å². The monoisotopic (exact) mass is 365 g/mol. The quantitative estimate of drug-likeness (QED) is 0.644. The van der Waals surface area contributed by atoms with Gasteiger partial charge in [0.2, 0.25) is 5.13 Å². The third-order valence-electron chi connectivity index (χ3n) is 3.89. The molecule has 0 saturated carbocycles. The number of hydrogen-bond acceptors (Lipinski definition) is 8. The zero-order valence-electron chi connectivity index (χ0n) is 14.5. The smallest absolute Gasteiger partial charge is 0.231 e. The van der Waals surface area contributed by atoms with Crippen molar-refractivity contribution in [2.24, 2.45) is 5.10 Å². The Hall–Kier alpha value is -3.26. The molecule has 1 aromatic heterocycles. The van der Waals surface area contributed by atoms with E-state index in [1.54, 1.807) is 11.3 Å². The van der Waals surface area contributed by atoms with Crippen LogP contribution in [0.5, 0.6) is 0 Å². The maximum absolute atomic E-state index is 4.77. The second-order valence-corrected chi connectivity index (χ2v) is 6.51. The summed E-state index contributed by atoms with van der Waals surface area (Å²) in [6, 6.07) is 20.0. The first-order valence-corrected chi connectivity index (χ1v) is 9.04. The Balaban J connectivity index is 1.75. The van der Waals surface area contributed by atoms with Crippen molar-refractivity contribution in [3.63, 3.8) is 0 Å². The number of hydrazone groups is 1. The minimum Gasteiger partial charge on any atom is -0.377 e. The molecule has 0 bridgehead atoms. The average Bonchev–Trinajstić information content (AvgIpc) is 3.33. The Bertz CT molecular complexity index is 886. The molecule has 2 heterocycles. The Kier molecular flexibility index (Phi) is 4.32. The molecule has 0 spiro atoms. The van der Waals surface area contributed by atoms with Crippen LogP contribution in [0.1, 0.15) is 5.56 Å². The molecule has 0 aliphatic carbocycles. The molecule has 0 radical (unpaired) electrons. The Morgan fingerprint density at radius 1 is 0.923 bits per heavy atom. The molecule has 0 saturated heterocycles. The fourth-order valence-corrected chi connectivity index (χ4v) is 3.50. The molecule has 2 aromatic carbocycles. The molecule has 3 aromatic rings. The number of amidine groups is 1. The van der Waals surface area contributed by atoms with Gasteiger partial charge in [-0.25, -0.2) is 0 Å². The van der Waals surface area contributed by atoms with Crippen LogP contribution in [0.15, 0.2) is 65.8 Å². The summed E-state index contributed by atoms with van der Waals surface area (Å²) in [5.41, 5.74) is 5.31. The molecule has 0 fully saturated rings. The molecule has 8 heteroatoms. The lowest BCUT2D eigenvalue weighted by Gasteiger charge is -2.25. The lowest BCUT2D eigenvalue weighted by atomic mass is 10.2. The van der Waals surface area contributed by atoms with Crippen LogP contribution >= 0.6 is 11.3 Å². The molecular weight excluding hydrogens is 346 g/mol. The third-order valence-corrected chi connectivity index (χ3v) is 4.94. The number of nitrogens with one attached hydrogen (secondary N) is 3. The van der Waals surface area contributed by atoms with Gasteiger partial charge in [0.05, 0.1) is 5.69 Å². The lowest BCUT2D eigenvalue weighted by Crippen LogP contribution is -2.44. The van der Waals surface area contributed by atoms with Gasteiger partial charge in [-0.1, -0.05) is 59.9 Å². The van der Waals surface area contributed by atoms with Crippen LogP contribution in [0.4, 0.5) is 21.6 Å². The van der Waals surface area contributed by atoms with Crippen molar-refractivity contribution in [3.05, 3.63) is 66.2 Å². The molecule has 0 atom stereocenters. The van der Waals surface area contributed by atoms with Gasteiger partial charge < -0.3 is 10.6 Å². The molecule has 3 N–H and O–H groups in total. The molecular formula is C18H19N7S. The number of para-hydroxylation sites is 1. The highest BCUT2D eigenvalue weighted by atomic mass is 32.1. The van der Waals surface area contributed by atoms with Gasteiger partial charge in [-0.15, -0.1) is 15.3 Å². The molecule has 1 aliphatic heterocycles. The number of aromatic nitrogens is 1. The van der Waals surface area contributed by atoms with Crippen molar-refractivity contribution in [2.75, 3.05) is 35.0 Å². The molecule has 0 amide bonds. The Morgan fingerprint density at radius 2 is 1.62 bits per heavy atom. The van der Waals surface area contributed by atoms with Gasteiger partial charge in [0.1, 0.15) is 5.00 Å². The van der Waals surface area contributed by atoms with Gasteiger partial charge >= 0.3 is 0 Å². The predicted molar refractivity (Wildman–Crippen MR) is 109 cm³/mol. The van der Waals surface area contributed by atoms with Crippen LogP contribution < -0.4 is 26.3 Å².